The Balaban J connectivity index is 1.53. The van der Waals surface area contributed by atoms with Crippen LogP contribution in [0.15, 0.2) is 84.0 Å². The van der Waals surface area contributed by atoms with Crippen molar-refractivity contribution in [2.45, 2.75) is 13.8 Å². The second-order valence-electron chi connectivity index (χ2n) is 8.07. The first-order valence-electron chi connectivity index (χ1n) is 11.0. The average molecular weight is 500 g/mol. The highest BCUT2D eigenvalue weighted by molar-refractivity contribution is 6.40. The number of ether oxygens (including phenoxy) is 1. The van der Waals surface area contributed by atoms with E-state index in [1.54, 1.807) is 42.5 Å². The number of fused-ring (bicyclic) bond motifs is 1. The third kappa shape index (κ3) is 5.76. The lowest BCUT2D eigenvalue weighted by Crippen LogP contribution is -2.32. The molecule has 0 aliphatic carbocycles. The minimum Gasteiger partial charge on any atom is -0.422 e. The van der Waals surface area contributed by atoms with E-state index < -0.39 is 17.8 Å². The molecule has 0 bridgehead atoms. The van der Waals surface area contributed by atoms with Crippen molar-refractivity contribution in [3.05, 3.63) is 106 Å². The van der Waals surface area contributed by atoms with Crippen molar-refractivity contribution in [2.75, 3.05) is 5.32 Å². The average Bonchev–Trinajstić information content (AvgIpc) is 2.87. The molecule has 0 fully saturated rings. The molecule has 8 heteroatoms. The Morgan fingerprint density at radius 1 is 0.889 bits per heavy atom. The van der Waals surface area contributed by atoms with Crippen LogP contribution in [0.25, 0.3) is 10.8 Å². The summed E-state index contributed by atoms with van der Waals surface area (Å²) in [5.41, 5.74) is 5.25. The van der Waals surface area contributed by atoms with Gasteiger partial charge in [-0.3, -0.25) is 9.59 Å². The van der Waals surface area contributed by atoms with E-state index in [1.807, 2.05) is 50.2 Å². The number of hydrazone groups is 1. The molecule has 0 spiro atoms. The zero-order chi connectivity index (χ0) is 25.7. The van der Waals surface area contributed by atoms with Crippen LogP contribution >= 0.6 is 11.6 Å². The number of hydrogen-bond acceptors (Lipinski definition) is 5. The van der Waals surface area contributed by atoms with E-state index in [0.29, 0.717) is 21.8 Å². The monoisotopic (exact) mass is 499 g/mol. The second kappa shape index (κ2) is 10.8. The highest BCUT2D eigenvalue weighted by Gasteiger charge is 2.16. The Morgan fingerprint density at radius 2 is 1.69 bits per heavy atom. The SMILES string of the molecule is Cc1cccc(C(=O)Oc2ccc3ccccc3c2C=NNC(=O)C(=O)Nc2ccc(C)c(Cl)c2)c1. The first-order chi connectivity index (χ1) is 17.3. The molecule has 0 radical (unpaired) electrons. The Labute approximate surface area is 212 Å². The van der Waals surface area contributed by atoms with Crippen molar-refractivity contribution in [2.24, 2.45) is 5.10 Å². The quantitative estimate of drug-likeness (QED) is 0.126. The summed E-state index contributed by atoms with van der Waals surface area (Å²) in [5.74, 6) is -2.14. The van der Waals surface area contributed by atoms with Gasteiger partial charge in [0, 0.05) is 16.3 Å². The molecule has 0 aliphatic rings. The molecule has 0 aliphatic heterocycles. The van der Waals surface area contributed by atoms with Crippen LogP contribution in [0.3, 0.4) is 0 Å². The van der Waals surface area contributed by atoms with E-state index in [2.05, 4.69) is 15.8 Å². The second-order valence-corrected chi connectivity index (χ2v) is 8.48. The molecule has 36 heavy (non-hydrogen) atoms. The molecule has 0 heterocycles. The van der Waals surface area contributed by atoms with Crippen LogP contribution in [0.1, 0.15) is 27.0 Å². The maximum atomic E-state index is 12.7. The van der Waals surface area contributed by atoms with Gasteiger partial charge >= 0.3 is 17.8 Å². The van der Waals surface area contributed by atoms with Crippen LogP contribution < -0.4 is 15.5 Å². The van der Waals surface area contributed by atoms with E-state index >= 15 is 0 Å². The maximum Gasteiger partial charge on any atom is 0.343 e. The van der Waals surface area contributed by atoms with Gasteiger partial charge in [-0.25, -0.2) is 10.2 Å². The summed E-state index contributed by atoms with van der Waals surface area (Å²) in [6.07, 6.45) is 1.34. The Bertz CT molecular complexity index is 1510. The molecule has 0 aromatic heterocycles. The molecule has 7 nitrogen and oxygen atoms in total. The van der Waals surface area contributed by atoms with E-state index in [0.717, 1.165) is 21.9 Å². The summed E-state index contributed by atoms with van der Waals surface area (Å²) >= 11 is 6.06. The largest absolute Gasteiger partial charge is 0.422 e. The summed E-state index contributed by atoms with van der Waals surface area (Å²) in [6, 6.07) is 22.9. The van der Waals surface area contributed by atoms with Gasteiger partial charge in [-0.15, -0.1) is 0 Å². The number of esters is 1. The number of hydrogen-bond donors (Lipinski definition) is 2. The zero-order valence-corrected chi connectivity index (χ0v) is 20.3. The fourth-order valence-corrected chi connectivity index (χ4v) is 3.67. The number of carbonyl (C=O) groups excluding carboxylic acids is 3. The highest BCUT2D eigenvalue weighted by atomic mass is 35.5. The summed E-state index contributed by atoms with van der Waals surface area (Å²) in [5, 5.41) is 8.51. The van der Waals surface area contributed by atoms with Crippen molar-refractivity contribution in [1.29, 1.82) is 0 Å². The van der Waals surface area contributed by atoms with Gasteiger partial charge < -0.3 is 10.1 Å². The summed E-state index contributed by atoms with van der Waals surface area (Å²) < 4.78 is 5.66. The van der Waals surface area contributed by atoms with Gasteiger partial charge in [-0.1, -0.05) is 65.7 Å². The Kier molecular flexibility index (Phi) is 7.42. The van der Waals surface area contributed by atoms with E-state index in [1.165, 1.54) is 6.21 Å². The fourth-order valence-electron chi connectivity index (χ4n) is 3.49. The minimum atomic E-state index is -0.971. The lowest BCUT2D eigenvalue weighted by atomic mass is 10.0. The van der Waals surface area contributed by atoms with Gasteiger partial charge in [0.15, 0.2) is 0 Å². The van der Waals surface area contributed by atoms with Crippen LogP contribution in [0.4, 0.5) is 5.69 Å². The number of halogens is 1. The summed E-state index contributed by atoms with van der Waals surface area (Å²) in [6.45, 7) is 3.71. The molecule has 4 aromatic carbocycles. The molecule has 4 aromatic rings. The molecular formula is C28H22ClN3O4. The standard InChI is InChI=1S/C28H22ClN3O4/c1-17-6-5-8-20(14-17)28(35)36-25-13-11-19-7-3-4-9-22(19)23(25)16-30-32-27(34)26(33)31-21-12-10-18(2)24(29)15-21/h3-16H,1-2H3,(H,31,33)(H,32,34). The number of anilines is 1. The lowest BCUT2D eigenvalue weighted by Gasteiger charge is -2.11. The number of carbonyl (C=O) groups is 3. The van der Waals surface area contributed by atoms with Gasteiger partial charge in [0.05, 0.1) is 11.8 Å². The van der Waals surface area contributed by atoms with Crippen LogP contribution in [-0.2, 0) is 9.59 Å². The molecule has 0 atom stereocenters. The normalized spacial score (nSPS) is 10.9. The molecule has 0 unspecified atom stereocenters. The highest BCUT2D eigenvalue weighted by Crippen LogP contribution is 2.27. The van der Waals surface area contributed by atoms with Crippen LogP contribution in [-0.4, -0.2) is 24.0 Å². The summed E-state index contributed by atoms with van der Waals surface area (Å²) in [4.78, 5) is 37.3. The molecule has 2 amide bonds. The van der Waals surface area contributed by atoms with Gasteiger partial charge in [0.2, 0.25) is 0 Å². The van der Waals surface area contributed by atoms with Gasteiger partial charge in [-0.2, -0.15) is 5.10 Å². The third-order valence-corrected chi connectivity index (χ3v) is 5.79. The first kappa shape index (κ1) is 24.6. The molecule has 0 saturated heterocycles. The first-order valence-corrected chi connectivity index (χ1v) is 11.4. The fraction of sp³-hybridized carbons (Fsp3) is 0.0714. The number of rotatable bonds is 5. The Hall–Kier alpha value is -4.49. The lowest BCUT2D eigenvalue weighted by molar-refractivity contribution is -0.136. The smallest absolute Gasteiger partial charge is 0.343 e. The number of aryl methyl sites for hydroxylation is 2. The number of amides is 2. The molecule has 2 N–H and O–H groups in total. The van der Waals surface area contributed by atoms with Gasteiger partial charge in [-0.05, 0) is 60.5 Å². The molecule has 180 valence electrons. The van der Waals surface area contributed by atoms with Crippen LogP contribution in [0, 0.1) is 13.8 Å². The van der Waals surface area contributed by atoms with E-state index in [9.17, 15) is 14.4 Å². The number of nitrogens with zero attached hydrogens (tertiary/aromatic N) is 1. The molecular weight excluding hydrogens is 478 g/mol. The van der Waals surface area contributed by atoms with E-state index in [-0.39, 0.29) is 5.75 Å². The van der Waals surface area contributed by atoms with Crippen molar-refractivity contribution >= 4 is 52.1 Å². The van der Waals surface area contributed by atoms with Crippen LogP contribution in [0.2, 0.25) is 5.02 Å². The molecule has 0 saturated carbocycles. The minimum absolute atomic E-state index is 0.261. The van der Waals surface area contributed by atoms with E-state index in [4.69, 9.17) is 16.3 Å². The molecule has 4 rings (SSSR count). The zero-order valence-electron chi connectivity index (χ0n) is 19.5. The third-order valence-electron chi connectivity index (χ3n) is 5.38. The van der Waals surface area contributed by atoms with Crippen molar-refractivity contribution < 1.29 is 19.1 Å². The topological polar surface area (TPSA) is 96.9 Å². The van der Waals surface area contributed by atoms with Crippen LogP contribution in [0.5, 0.6) is 5.75 Å². The van der Waals surface area contributed by atoms with Gasteiger partial charge in [0.25, 0.3) is 0 Å². The number of nitrogens with one attached hydrogen (secondary N) is 2. The van der Waals surface area contributed by atoms with Crippen molar-refractivity contribution in [1.82, 2.24) is 5.43 Å². The maximum absolute atomic E-state index is 12.7. The van der Waals surface area contributed by atoms with Gasteiger partial charge in [0.1, 0.15) is 5.75 Å². The summed E-state index contributed by atoms with van der Waals surface area (Å²) in [7, 11) is 0. The predicted molar refractivity (Wildman–Crippen MR) is 141 cm³/mol. The predicted octanol–water partition coefficient (Wildman–Crippen LogP) is 5.42. The Morgan fingerprint density at radius 3 is 2.47 bits per heavy atom. The van der Waals surface area contributed by atoms with Crippen molar-refractivity contribution in [3.8, 4) is 5.75 Å². The van der Waals surface area contributed by atoms with Crippen molar-refractivity contribution in [3.63, 3.8) is 0 Å². The number of benzene rings is 4.